The van der Waals surface area contributed by atoms with Gasteiger partial charge in [-0.1, -0.05) is 0 Å². The maximum atomic E-state index is 12.9. The third-order valence-electron chi connectivity index (χ3n) is 2.20. The van der Waals surface area contributed by atoms with Crippen LogP contribution >= 0.6 is 0 Å². The van der Waals surface area contributed by atoms with E-state index in [0.717, 1.165) is 0 Å². The first kappa shape index (κ1) is 10.8. The van der Waals surface area contributed by atoms with Crippen molar-refractivity contribution in [3.63, 3.8) is 0 Å². The van der Waals surface area contributed by atoms with E-state index in [1.54, 1.807) is 0 Å². The van der Waals surface area contributed by atoms with Crippen LogP contribution in [0, 0.1) is 4.91 Å². The van der Waals surface area contributed by atoms with Crippen LogP contribution in [0.1, 0.15) is 6.42 Å². The van der Waals surface area contributed by atoms with E-state index in [9.17, 15) is 23.6 Å². The number of aliphatic hydroxyl groups is 1. The second-order valence-corrected chi connectivity index (χ2v) is 3.13. The predicted octanol–water partition coefficient (Wildman–Crippen LogP) is -0.176. The molecule has 14 heavy (non-hydrogen) atoms. The lowest BCUT2D eigenvalue weighted by molar-refractivity contribution is -0.205. The van der Waals surface area contributed by atoms with Crippen molar-refractivity contribution in [2.45, 2.75) is 17.9 Å². The Morgan fingerprint density at radius 1 is 1.57 bits per heavy atom. The van der Waals surface area contributed by atoms with E-state index < -0.39 is 30.5 Å². The molecule has 0 amide bonds. The zero-order valence-electron chi connectivity index (χ0n) is 6.98. The van der Waals surface area contributed by atoms with Crippen molar-refractivity contribution in [2.24, 2.45) is 5.29 Å². The lowest BCUT2D eigenvalue weighted by Crippen LogP contribution is -2.54. The van der Waals surface area contributed by atoms with Crippen LogP contribution in [0.25, 0.3) is 0 Å². The summed E-state index contributed by atoms with van der Waals surface area (Å²) in [5.41, 5.74) is -2.72. The monoisotopic (exact) mass is 210 g/mol. The largest absolute Gasteiger partial charge is 0.477 e. The number of nitroso groups, excluding NO2 is 1. The molecule has 1 unspecified atom stereocenters. The molecule has 0 aromatic rings. The minimum absolute atomic E-state index is 0.178. The molecule has 0 aromatic heterocycles. The average molecular weight is 210 g/mol. The zero-order valence-corrected chi connectivity index (χ0v) is 6.98. The summed E-state index contributed by atoms with van der Waals surface area (Å²) in [6.45, 7) is -0.946. The molecule has 0 aromatic carbocycles. The van der Waals surface area contributed by atoms with Crippen molar-refractivity contribution in [1.82, 2.24) is 5.01 Å². The van der Waals surface area contributed by atoms with E-state index in [1.165, 1.54) is 0 Å². The molecule has 1 saturated heterocycles. The van der Waals surface area contributed by atoms with Gasteiger partial charge >= 0.3 is 11.9 Å². The predicted molar refractivity (Wildman–Crippen MR) is 39.5 cm³/mol. The number of carbonyl (C=O) groups is 1. The molecule has 8 heteroatoms. The fraction of sp³-hybridized carbons (Fsp3) is 0.833. The van der Waals surface area contributed by atoms with Gasteiger partial charge in [0.05, 0.1) is 11.8 Å². The molecule has 80 valence electrons. The average Bonchev–Trinajstić information content (AvgIpc) is 2.49. The number of alkyl halides is 2. The maximum Gasteiger partial charge on any atom is 0.377 e. The van der Waals surface area contributed by atoms with Gasteiger partial charge in [-0.05, 0) is 0 Å². The number of halogens is 2. The Morgan fingerprint density at radius 3 is 2.50 bits per heavy atom. The quantitative estimate of drug-likeness (QED) is 0.631. The van der Waals surface area contributed by atoms with Gasteiger partial charge in [-0.15, -0.1) is 4.91 Å². The number of carboxylic acids is 1. The SMILES string of the molecule is O=NN1CCC(O)(C(F)(F)C(=O)O)C1. The topological polar surface area (TPSA) is 90.2 Å². The van der Waals surface area contributed by atoms with Crippen molar-refractivity contribution < 1.29 is 23.8 Å². The van der Waals surface area contributed by atoms with Gasteiger partial charge in [-0.3, -0.25) is 5.01 Å². The highest BCUT2D eigenvalue weighted by molar-refractivity contribution is 5.77. The molecule has 1 aliphatic heterocycles. The van der Waals surface area contributed by atoms with Crippen LogP contribution < -0.4 is 0 Å². The first-order chi connectivity index (χ1) is 6.33. The van der Waals surface area contributed by atoms with Crippen LogP contribution in [0.15, 0.2) is 5.29 Å². The van der Waals surface area contributed by atoms with Crippen LogP contribution in [0.4, 0.5) is 8.78 Å². The summed E-state index contributed by atoms with van der Waals surface area (Å²) in [6, 6.07) is 0. The Morgan fingerprint density at radius 2 is 2.14 bits per heavy atom. The fourth-order valence-electron chi connectivity index (χ4n) is 1.30. The number of rotatable bonds is 3. The number of β-amino-alcohol motifs (C(OH)–C–C–N with tert-alkyl or cyclic N) is 1. The van der Waals surface area contributed by atoms with Gasteiger partial charge < -0.3 is 10.2 Å². The highest BCUT2D eigenvalue weighted by Crippen LogP contribution is 2.36. The third kappa shape index (κ3) is 1.41. The Bertz CT molecular complexity index is 273. The van der Waals surface area contributed by atoms with E-state index in [1.807, 2.05) is 0 Å². The van der Waals surface area contributed by atoms with Crippen molar-refractivity contribution >= 4 is 5.97 Å². The first-order valence-corrected chi connectivity index (χ1v) is 3.75. The Hall–Kier alpha value is -1.31. The molecule has 1 fully saturated rings. The molecule has 0 saturated carbocycles. The smallest absolute Gasteiger partial charge is 0.377 e. The summed E-state index contributed by atoms with van der Waals surface area (Å²) in [4.78, 5) is 20.1. The highest BCUT2D eigenvalue weighted by atomic mass is 19.3. The number of hydrogen-bond donors (Lipinski definition) is 2. The van der Waals surface area contributed by atoms with Crippen LogP contribution in [0.2, 0.25) is 0 Å². The molecular formula is C6H8F2N2O4. The molecule has 2 N–H and O–H groups in total. The Kier molecular flexibility index (Phi) is 2.40. The standard InChI is InChI=1S/C6H8F2N2O4/c7-6(8,4(11)12)5(13)1-2-10(3-5)9-14/h13H,1-3H2,(H,11,12). The van der Waals surface area contributed by atoms with Crippen LogP contribution in [0.3, 0.4) is 0 Å². The van der Waals surface area contributed by atoms with Crippen molar-refractivity contribution in [1.29, 1.82) is 0 Å². The second kappa shape index (κ2) is 3.12. The van der Waals surface area contributed by atoms with Crippen molar-refractivity contribution in [2.75, 3.05) is 13.1 Å². The summed E-state index contributed by atoms with van der Waals surface area (Å²) in [5, 5.41) is 20.5. The van der Waals surface area contributed by atoms with Gasteiger partial charge in [0.25, 0.3) is 0 Å². The van der Waals surface area contributed by atoms with Gasteiger partial charge in [-0.25, -0.2) is 4.79 Å². The Labute approximate surface area is 77.1 Å². The van der Waals surface area contributed by atoms with Crippen LogP contribution in [0.5, 0.6) is 0 Å². The normalized spacial score (nSPS) is 27.8. The van der Waals surface area contributed by atoms with Crippen LogP contribution in [-0.4, -0.2) is 45.8 Å². The summed E-state index contributed by atoms with van der Waals surface area (Å²) >= 11 is 0. The van der Waals surface area contributed by atoms with Crippen molar-refractivity contribution in [3.05, 3.63) is 4.91 Å². The number of carboxylic acid groups (broad SMARTS) is 1. The molecular weight excluding hydrogens is 202 g/mol. The summed E-state index contributed by atoms with van der Waals surface area (Å²) < 4.78 is 25.9. The van der Waals surface area contributed by atoms with E-state index in [0.29, 0.717) is 5.01 Å². The van der Waals surface area contributed by atoms with Gasteiger partial charge in [0.2, 0.25) is 0 Å². The van der Waals surface area contributed by atoms with Gasteiger partial charge in [0.15, 0.2) is 5.60 Å². The van der Waals surface area contributed by atoms with E-state index in [4.69, 9.17) is 5.11 Å². The summed E-state index contributed by atoms with van der Waals surface area (Å²) in [7, 11) is 0. The fourth-order valence-corrected chi connectivity index (χ4v) is 1.30. The lowest BCUT2D eigenvalue weighted by Gasteiger charge is -2.27. The van der Waals surface area contributed by atoms with E-state index >= 15 is 0 Å². The highest BCUT2D eigenvalue weighted by Gasteiger charge is 2.61. The Balaban J connectivity index is 2.87. The van der Waals surface area contributed by atoms with Crippen molar-refractivity contribution in [3.8, 4) is 0 Å². The van der Waals surface area contributed by atoms with Crippen LogP contribution in [-0.2, 0) is 4.79 Å². The molecule has 1 heterocycles. The van der Waals surface area contributed by atoms with Gasteiger partial charge in [0.1, 0.15) is 0 Å². The summed E-state index contributed by atoms with van der Waals surface area (Å²) in [6.07, 6.45) is -0.502. The van der Waals surface area contributed by atoms with E-state index in [2.05, 4.69) is 5.29 Å². The molecule has 1 atom stereocenters. The summed E-state index contributed by atoms with van der Waals surface area (Å²) in [5.74, 6) is -6.68. The lowest BCUT2D eigenvalue weighted by atomic mass is 9.95. The van der Waals surface area contributed by atoms with Gasteiger partial charge in [0, 0.05) is 13.0 Å². The molecule has 0 aliphatic carbocycles. The minimum atomic E-state index is -4.27. The molecule has 6 nitrogen and oxygen atoms in total. The molecule has 0 bridgehead atoms. The molecule has 1 rings (SSSR count). The molecule has 0 spiro atoms. The number of nitrogens with zero attached hydrogens (tertiary/aromatic N) is 2. The maximum absolute atomic E-state index is 12.9. The minimum Gasteiger partial charge on any atom is -0.477 e. The molecule has 0 radical (unpaired) electrons. The van der Waals surface area contributed by atoms with E-state index in [-0.39, 0.29) is 6.54 Å². The number of hydrogen-bond acceptors (Lipinski definition) is 4. The zero-order chi connectivity index (χ0) is 11.0. The first-order valence-electron chi connectivity index (χ1n) is 3.75. The number of aliphatic carboxylic acids is 1. The molecule has 1 aliphatic rings. The van der Waals surface area contributed by atoms with Gasteiger partial charge in [-0.2, -0.15) is 8.78 Å². The third-order valence-corrected chi connectivity index (χ3v) is 2.20. The second-order valence-electron chi connectivity index (χ2n) is 3.13.